The van der Waals surface area contributed by atoms with Crippen LogP contribution in [-0.2, 0) is 9.53 Å². The Bertz CT molecular complexity index is 789. The van der Waals surface area contributed by atoms with E-state index in [0.717, 1.165) is 5.56 Å². The molecule has 0 unspecified atom stereocenters. The molecular formula is C21H26N2O4. The van der Waals surface area contributed by atoms with E-state index in [9.17, 15) is 9.59 Å². The van der Waals surface area contributed by atoms with Crippen molar-refractivity contribution in [3.05, 3.63) is 59.7 Å². The number of anilines is 2. The van der Waals surface area contributed by atoms with Crippen molar-refractivity contribution in [3.8, 4) is 0 Å². The number of benzene rings is 2. The highest BCUT2D eigenvalue weighted by molar-refractivity contribution is 6.00. The maximum Gasteiger partial charge on any atom is 0.341 e. The molecule has 0 aromatic heterocycles. The first-order chi connectivity index (χ1) is 12.9. The van der Waals surface area contributed by atoms with Crippen molar-refractivity contribution < 1.29 is 19.4 Å². The van der Waals surface area contributed by atoms with E-state index in [-0.39, 0.29) is 12.5 Å². The van der Waals surface area contributed by atoms with Gasteiger partial charge in [-0.1, -0.05) is 44.2 Å². The van der Waals surface area contributed by atoms with E-state index >= 15 is 0 Å². The van der Waals surface area contributed by atoms with Crippen molar-refractivity contribution in [1.82, 2.24) is 0 Å². The van der Waals surface area contributed by atoms with Crippen LogP contribution >= 0.6 is 0 Å². The molecule has 1 atom stereocenters. The number of nitrogens with one attached hydrogen (secondary N) is 2. The van der Waals surface area contributed by atoms with E-state index < -0.39 is 18.0 Å². The SMILES string of the molecule is CC(C)c1ccccc1NC(=O)[C@@H](C)OC(=O)c1ccccc1NCCO. The van der Waals surface area contributed by atoms with Crippen LogP contribution in [0.15, 0.2) is 48.5 Å². The molecule has 6 heteroatoms. The molecule has 2 aromatic rings. The summed E-state index contributed by atoms with van der Waals surface area (Å²) in [7, 11) is 0. The molecule has 1 amide bonds. The van der Waals surface area contributed by atoms with Crippen molar-refractivity contribution >= 4 is 23.3 Å². The van der Waals surface area contributed by atoms with Crippen molar-refractivity contribution in [2.75, 3.05) is 23.8 Å². The smallest absolute Gasteiger partial charge is 0.341 e. The molecule has 0 saturated heterocycles. The fraction of sp³-hybridized carbons (Fsp3) is 0.333. The number of hydrogen-bond acceptors (Lipinski definition) is 5. The Kier molecular flexibility index (Phi) is 7.37. The van der Waals surface area contributed by atoms with Gasteiger partial charge in [0.25, 0.3) is 5.91 Å². The number of rotatable bonds is 8. The predicted octanol–water partition coefficient (Wildman–Crippen LogP) is 3.40. The lowest BCUT2D eigenvalue weighted by atomic mass is 10.0. The van der Waals surface area contributed by atoms with Crippen molar-refractivity contribution in [2.24, 2.45) is 0 Å². The number of hydrogen-bond donors (Lipinski definition) is 3. The van der Waals surface area contributed by atoms with E-state index in [1.54, 1.807) is 24.3 Å². The second-order valence-corrected chi connectivity index (χ2v) is 6.47. The van der Waals surface area contributed by atoms with Crippen molar-refractivity contribution in [2.45, 2.75) is 32.8 Å². The normalized spacial score (nSPS) is 11.7. The Morgan fingerprint density at radius 3 is 2.30 bits per heavy atom. The summed E-state index contributed by atoms with van der Waals surface area (Å²) in [6, 6.07) is 14.4. The first kappa shape index (κ1) is 20.5. The van der Waals surface area contributed by atoms with Gasteiger partial charge in [-0.15, -0.1) is 0 Å². The largest absolute Gasteiger partial charge is 0.449 e. The molecule has 27 heavy (non-hydrogen) atoms. The van der Waals surface area contributed by atoms with Crippen LogP contribution in [0.2, 0.25) is 0 Å². The van der Waals surface area contributed by atoms with Gasteiger partial charge >= 0.3 is 5.97 Å². The summed E-state index contributed by atoms with van der Waals surface area (Å²) in [4.78, 5) is 24.9. The monoisotopic (exact) mass is 370 g/mol. The maximum absolute atomic E-state index is 12.5. The zero-order valence-corrected chi connectivity index (χ0v) is 15.9. The van der Waals surface area contributed by atoms with Crippen molar-refractivity contribution in [1.29, 1.82) is 0 Å². The van der Waals surface area contributed by atoms with Gasteiger partial charge in [0.1, 0.15) is 0 Å². The molecule has 0 spiro atoms. The van der Waals surface area contributed by atoms with Gasteiger partial charge in [0.05, 0.1) is 12.2 Å². The summed E-state index contributed by atoms with van der Waals surface area (Å²) < 4.78 is 5.34. The molecule has 0 fully saturated rings. The zero-order chi connectivity index (χ0) is 19.8. The average molecular weight is 370 g/mol. The highest BCUT2D eigenvalue weighted by atomic mass is 16.5. The molecule has 0 aliphatic rings. The van der Waals surface area contributed by atoms with Crippen LogP contribution < -0.4 is 10.6 Å². The first-order valence-corrected chi connectivity index (χ1v) is 8.98. The molecule has 0 aliphatic carbocycles. The molecular weight excluding hydrogens is 344 g/mol. The fourth-order valence-corrected chi connectivity index (χ4v) is 2.63. The van der Waals surface area contributed by atoms with Gasteiger partial charge in [0.2, 0.25) is 0 Å². The Morgan fingerprint density at radius 2 is 1.63 bits per heavy atom. The van der Waals surface area contributed by atoms with E-state index in [1.807, 2.05) is 38.1 Å². The summed E-state index contributed by atoms with van der Waals surface area (Å²) >= 11 is 0. The molecule has 0 aliphatic heterocycles. The van der Waals surface area contributed by atoms with Gasteiger partial charge < -0.3 is 20.5 Å². The first-order valence-electron chi connectivity index (χ1n) is 8.98. The van der Waals surface area contributed by atoms with Gasteiger partial charge in [0, 0.05) is 17.9 Å². The number of aliphatic hydroxyl groups excluding tert-OH is 1. The number of esters is 1. The standard InChI is InChI=1S/C21H26N2O4/c1-14(2)16-8-4-7-11-19(16)23-20(25)15(3)27-21(26)17-9-5-6-10-18(17)22-12-13-24/h4-11,14-15,22,24H,12-13H2,1-3H3,(H,23,25)/t15-/m1/s1. The van der Waals surface area contributed by atoms with E-state index in [1.165, 1.54) is 6.92 Å². The molecule has 3 N–H and O–H groups in total. The number of carbonyl (C=O) groups is 2. The molecule has 6 nitrogen and oxygen atoms in total. The van der Waals surface area contributed by atoms with Crippen LogP contribution in [-0.4, -0.2) is 36.2 Å². The number of para-hydroxylation sites is 2. The van der Waals surface area contributed by atoms with Gasteiger partial charge in [-0.05, 0) is 36.6 Å². The molecule has 0 bridgehead atoms. The van der Waals surface area contributed by atoms with Crippen LogP contribution in [0.3, 0.4) is 0 Å². The Balaban J connectivity index is 2.06. The third-order valence-corrected chi connectivity index (χ3v) is 4.07. The topological polar surface area (TPSA) is 87.7 Å². The number of carbonyl (C=O) groups excluding carboxylic acids is 2. The van der Waals surface area contributed by atoms with Gasteiger partial charge in [-0.3, -0.25) is 4.79 Å². The van der Waals surface area contributed by atoms with E-state index in [4.69, 9.17) is 9.84 Å². The van der Waals surface area contributed by atoms with Crippen LogP contribution in [0, 0.1) is 0 Å². The molecule has 0 heterocycles. The number of aliphatic hydroxyl groups is 1. The highest BCUT2D eigenvalue weighted by Gasteiger charge is 2.21. The molecule has 2 aromatic carbocycles. The van der Waals surface area contributed by atoms with E-state index in [2.05, 4.69) is 10.6 Å². The minimum absolute atomic E-state index is 0.0581. The molecule has 0 saturated carbocycles. The summed E-state index contributed by atoms with van der Waals surface area (Å²) in [5, 5.41) is 14.7. The Hall–Kier alpha value is -2.86. The second kappa shape index (κ2) is 9.73. The number of ether oxygens (including phenoxy) is 1. The van der Waals surface area contributed by atoms with Crippen LogP contribution in [0.1, 0.15) is 42.6 Å². The molecule has 0 radical (unpaired) electrons. The van der Waals surface area contributed by atoms with Crippen LogP contribution in [0.25, 0.3) is 0 Å². The Labute approximate surface area is 159 Å². The number of amides is 1. The molecule has 144 valence electrons. The Morgan fingerprint density at radius 1 is 1.00 bits per heavy atom. The lowest BCUT2D eigenvalue weighted by Gasteiger charge is -2.18. The summed E-state index contributed by atoms with van der Waals surface area (Å²) in [5.41, 5.74) is 2.59. The maximum atomic E-state index is 12.5. The quantitative estimate of drug-likeness (QED) is 0.620. The minimum Gasteiger partial charge on any atom is -0.449 e. The predicted molar refractivity (Wildman–Crippen MR) is 106 cm³/mol. The zero-order valence-electron chi connectivity index (χ0n) is 15.9. The van der Waals surface area contributed by atoms with Gasteiger partial charge in [-0.25, -0.2) is 4.79 Å². The second-order valence-electron chi connectivity index (χ2n) is 6.47. The van der Waals surface area contributed by atoms with Crippen LogP contribution in [0.5, 0.6) is 0 Å². The summed E-state index contributed by atoms with van der Waals surface area (Å²) in [6.45, 7) is 5.88. The lowest BCUT2D eigenvalue weighted by molar-refractivity contribution is -0.123. The summed E-state index contributed by atoms with van der Waals surface area (Å²) in [5.74, 6) is -0.739. The summed E-state index contributed by atoms with van der Waals surface area (Å²) in [6.07, 6.45) is -0.955. The minimum atomic E-state index is -0.955. The lowest BCUT2D eigenvalue weighted by Crippen LogP contribution is -2.30. The average Bonchev–Trinajstić information content (AvgIpc) is 2.66. The fourth-order valence-electron chi connectivity index (χ4n) is 2.63. The van der Waals surface area contributed by atoms with Crippen LogP contribution in [0.4, 0.5) is 11.4 Å². The highest BCUT2D eigenvalue weighted by Crippen LogP contribution is 2.24. The van der Waals surface area contributed by atoms with Gasteiger partial charge in [0.15, 0.2) is 6.10 Å². The van der Waals surface area contributed by atoms with Gasteiger partial charge in [-0.2, -0.15) is 0 Å². The van der Waals surface area contributed by atoms with E-state index in [0.29, 0.717) is 23.5 Å². The van der Waals surface area contributed by atoms with Crippen molar-refractivity contribution in [3.63, 3.8) is 0 Å². The third kappa shape index (κ3) is 5.56. The third-order valence-electron chi connectivity index (χ3n) is 4.07. The molecule has 2 rings (SSSR count).